The van der Waals surface area contributed by atoms with Crippen molar-refractivity contribution in [3.63, 3.8) is 0 Å². The maximum atomic E-state index is 9.68. The number of anilines is 1. The number of hydrogen-bond acceptors (Lipinski definition) is 6. The van der Waals surface area contributed by atoms with Crippen molar-refractivity contribution in [2.75, 3.05) is 11.6 Å². The third-order valence-electron chi connectivity index (χ3n) is 2.25. The number of nitrogens with zero attached hydrogens (tertiary/aromatic N) is 5. The molecular formula is C14H15Cl3N6O. The summed E-state index contributed by atoms with van der Waals surface area (Å²) in [6.45, 7) is 3.37. The number of fused-ring (bicyclic) bond motifs is 1. The van der Waals surface area contributed by atoms with Crippen LogP contribution in [0.15, 0.2) is 30.5 Å². The summed E-state index contributed by atoms with van der Waals surface area (Å²) in [4.78, 5) is 13.9. The first-order chi connectivity index (χ1) is 11.3. The highest BCUT2D eigenvalue weighted by Crippen LogP contribution is 2.06. The van der Waals surface area contributed by atoms with Crippen LogP contribution in [0.5, 0.6) is 0 Å². The predicted octanol–water partition coefficient (Wildman–Crippen LogP) is 3.22. The standard InChI is InChI=1S/C7H6ClN3.C4H4ClN3.C3H5ClO/c1-5-4-11-7(9-5)3-2-6(8)10-11;5-3-1-2-4(6)8-7-3;1-3(5)2-4/h2-4H,1H3;1-2H,(H2,6,8);2H2,1H3. The number of ketones is 1. The number of carbonyl (C=O) groups is 1. The molecule has 0 saturated carbocycles. The normalized spacial score (nSPS) is 9.54. The Bertz CT molecular complexity index is 770. The zero-order valence-corrected chi connectivity index (χ0v) is 15.2. The van der Waals surface area contributed by atoms with E-state index in [1.807, 2.05) is 19.2 Å². The van der Waals surface area contributed by atoms with Crippen molar-refractivity contribution in [1.29, 1.82) is 0 Å². The summed E-state index contributed by atoms with van der Waals surface area (Å²) >= 11 is 16.0. The highest BCUT2D eigenvalue weighted by molar-refractivity contribution is 6.29. The summed E-state index contributed by atoms with van der Waals surface area (Å²) in [6, 6.07) is 6.74. The van der Waals surface area contributed by atoms with Gasteiger partial charge in [0.25, 0.3) is 0 Å². The molecule has 10 heteroatoms. The highest BCUT2D eigenvalue weighted by atomic mass is 35.5. The lowest BCUT2D eigenvalue weighted by Gasteiger charge is -1.89. The lowest BCUT2D eigenvalue weighted by molar-refractivity contribution is -0.114. The fraction of sp³-hybridized carbons (Fsp3) is 0.214. The van der Waals surface area contributed by atoms with Gasteiger partial charge in [-0.15, -0.1) is 21.8 Å². The van der Waals surface area contributed by atoms with Gasteiger partial charge < -0.3 is 5.73 Å². The van der Waals surface area contributed by atoms with E-state index in [1.54, 1.807) is 22.7 Å². The number of halogens is 3. The summed E-state index contributed by atoms with van der Waals surface area (Å²) < 4.78 is 1.66. The quantitative estimate of drug-likeness (QED) is 0.642. The van der Waals surface area contributed by atoms with Crippen molar-refractivity contribution in [2.24, 2.45) is 0 Å². The Morgan fingerprint density at radius 3 is 2.29 bits per heavy atom. The van der Waals surface area contributed by atoms with Gasteiger partial charge in [0.1, 0.15) is 16.8 Å². The van der Waals surface area contributed by atoms with Gasteiger partial charge in [0.05, 0.1) is 17.8 Å². The van der Waals surface area contributed by atoms with E-state index in [1.165, 1.54) is 6.92 Å². The van der Waals surface area contributed by atoms with Gasteiger partial charge in [-0.05, 0) is 38.1 Å². The number of aryl methyl sites for hydroxylation is 1. The van der Waals surface area contributed by atoms with Gasteiger partial charge in [0.2, 0.25) is 0 Å². The Hall–Kier alpha value is -1.96. The topological polar surface area (TPSA) is 99.1 Å². The van der Waals surface area contributed by atoms with E-state index in [2.05, 4.69) is 20.3 Å². The Balaban J connectivity index is 0.000000196. The third kappa shape index (κ3) is 7.54. The average molecular weight is 390 g/mol. The van der Waals surface area contributed by atoms with E-state index in [0.717, 1.165) is 11.3 Å². The van der Waals surface area contributed by atoms with Crippen LogP contribution in [-0.4, -0.2) is 36.5 Å². The summed E-state index contributed by atoms with van der Waals surface area (Å²) in [6.07, 6.45) is 1.83. The number of alkyl halides is 1. The second-order valence-electron chi connectivity index (χ2n) is 4.46. The minimum absolute atomic E-state index is 0.0201. The molecule has 2 N–H and O–H groups in total. The number of carbonyl (C=O) groups excluding carboxylic acids is 1. The van der Waals surface area contributed by atoms with E-state index in [0.29, 0.717) is 16.1 Å². The molecule has 0 aliphatic heterocycles. The van der Waals surface area contributed by atoms with E-state index >= 15 is 0 Å². The van der Waals surface area contributed by atoms with Gasteiger partial charge in [-0.25, -0.2) is 9.50 Å². The number of hydrogen-bond donors (Lipinski definition) is 1. The number of Topliss-reactive ketones (excluding diaryl/α,β-unsaturated/α-hetero) is 1. The second-order valence-corrected chi connectivity index (χ2v) is 5.50. The maximum Gasteiger partial charge on any atom is 0.153 e. The van der Waals surface area contributed by atoms with Crippen LogP contribution in [0.25, 0.3) is 5.65 Å². The van der Waals surface area contributed by atoms with Crippen LogP contribution in [-0.2, 0) is 4.79 Å². The van der Waals surface area contributed by atoms with Crippen molar-refractivity contribution in [3.05, 3.63) is 46.5 Å². The van der Waals surface area contributed by atoms with Gasteiger partial charge in [-0.1, -0.05) is 23.2 Å². The lowest BCUT2D eigenvalue weighted by Crippen LogP contribution is -1.90. The van der Waals surface area contributed by atoms with Crippen LogP contribution in [0.4, 0.5) is 5.82 Å². The SMILES string of the molecule is CC(=O)CCl.Cc1cn2nc(Cl)ccc2n1.Nc1ccc(Cl)nn1. The zero-order valence-electron chi connectivity index (χ0n) is 12.9. The molecule has 128 valence electrons. The highest BCUT2D eigenvalue weighted by Gasteiger charge is 1.97. The summed E-state index contributed by atoms with van der Waals surface area (Å²) in [5.41, 5.74) is 6.96. The van der Waals surface area contributed by atoms with E-state index in [9.17, 15) is 4.79 Å². The largest absolute Gasteiger partial charge is 0.382 e. The lowest BCUT2D eigenvalue weighted by atomic mass is 10.5. The van der Waals surface area contributed by atoms with Crippen LogP contribution in [0.3, 0.4) is 0 Å². The molecule has 3 aromatic rings. The third-order valence-corrected chi connectivity index (χ3v) is 3.03. The minimum atomic E-state index is 0.0201. The summed E-state index contributed by atoms with van der Waals surface area (Å²) in [7, 11) is 0. The molecule has 3 aromatic heterocycles. The van der Waals surface area contributed by atoms with Crippen LogP contribution in [0, 0.1) is 6.92 Å². The molecule has 0 unspecified atom stereocenters. The fourth-order valence-electron chi connectivity index (χ4n) is 1.30. The number of nitrogen functional groups attached to an aromatic ring is 1. The van der Waals surface area contributed by atoms with E-state index < -0.39 is 0 Å². The molecule has 0 atom stereocenters. The molecule has 0 amide bonds. The first-order valence-corrected chi connectivity index (χ1v) is 7.89. The molecule has 0 aromatic carbocycles. The zero-order chi connectivity index (χ0) is 18.1. The summed E-state index contributed by atoms with van der Waals surface area (Å²) in [5, 5.41) is 11.8. The van der Waals surface area contributed by atoms with Crippen LogP contribution in [0.2, 0.25) is 10.3 Å². The number of aromatic nitrogens is 5. The Morgan fingerprint density at radius 1 is 1.17 bits per heavy atom. The molecule has 0 aliphatic carbocycles. The fourth-order valence-corrected chi connectivity index (χ4v) is 1.55. The first-order valence-electron chi connectivity index (χ1n) is 6.60. The molecule has 7 nitrogen and oxygen atoms in total. The van der Waals surface area contributed by atoms with Crippen molar-refractivity contribution >= 4 is 52.1 Å². The van der Waals surface area contributed by atoms with Crippen molar-refractivity contribution in [2.45, 2.75) is 13.8 Å². The van der Waals surface area contributed by atoms with Crippen molar-refractivity contribution in [3.8, 4) is 0 Å². The molecular weight excluding hydrogens is 375 g/mol. The van der Waals surface area contributed by atoms with Crippen molar-refractivity contribution in [1.82, 2.24) is 24.8 Å². The van der Waals surface area contributed by atoms with Gasteiger partial charge >= 0.3 is 0 Å². The average Bonchev–Trinajstić information content (AvgIpc) is 2.90. The molecule has 0 saturated heterocycles. The molecule has 0 aliphatic rings. The second kappa shape index (κ2) is 10.0. The van der Waals surface area contributed by atoms with Gasteiger partial charge in [0, 0.05) is 0 Å². The van der Waals surface area contributed by atoms with Crippen LogP contribution < -0.4 is 5.73 Å². The number of nitrogens with two attached hydrogens (primary N) is 1. The summed E-state index contributed by atoms with van der Waals surface area (Å²) in [5.74, 6) is 0.543. The maximum absolute atomic E-state index is 9.68. The van der Waals surface area contributed by atoms with Gasteiger partial charge in [-0.3, -0.25) is 4.79 Å². The minimum Gasteiger partial charge on any atom is -0.382 e. The van der Waals surface area contributed by atoms with Crippen LogP contribution in [0.1, 0.15) is 12.6 Å². The number of imidazole rings is 1. The molecule has 0 bridgehead atoms. The number of rotatable bonds is 1. The Labute approximate surface area is 153 Å². The van der Waals surface area contributed by atoms with Gasteiger partial charge in [-0.2, -0.15) is 5.10 Å². The molecule has 0 spiro atoms. The van der Waals surface area contributed by atoms with Crippen LogP contribution >= 0.6 is 34.8 Å². The molecule has 3 heterocycles. The Kier molecular flexibility index (Phi) is 8.39. The molecule has 3 rings (SSSR count). The molecule has 0 fully saturated rings. The molecule has 0 radical (unpaired) electrons. The van der Waals surface area contributed by atoms with E-state index in [-0.39, 0.29) is 11.7 Å². The smallest absolute Gasteiger partial charge is 0.153 e. The first kappa shape index (κ1) is 20.1. The van der Waals surface area contributed by atoms with E-state index in [4.69, 9.17) is 40.5 Å². The predicted molar refractivity (Wildman–Crippen MR) is 95.6 cm³/mol. The molecule has 24 heavy (non-hydrogen) atoms. The Morgan fingerprint density at radius 2 is 1.79 bits per heavy atom. The van der Waals surface area contributed by atoms with Crippen molar-refractivity contribution < 1.29 is 4.79 Å². The van der Waals surface area contributed by atoms with Gasteiger partial charge in [0.15, 0.2) is 10.8 Å². The monoisotopic (exact) mass is 388 g/mol.